The molecule has 0 aliphatic carbocycles. The van der Waals surface area contributed by atoms with Gasteiger partial charge in [0, 0.05) is 13.1 Å². The van der Waals surface area contributed by atoms with Gasteiger partial charge in [0.05, 0.1) is 7.11 Å². The van der Waals surface area contributed by atoms with Crippen LogP contribution < -0.4 is 10.1 Å². The molecule has 0 unspecified atom stereocenters. The summed E-state index contributed by atoms with van der Waals surface area (Å²) in [7, 11) is 1.71. The van der Waals surface area contributed by atoms with Crippen LogP contribution in [0.15, 0.2) is 24.3 Å². The van der Waals surface area contributed by atoms with E-state index in [1.807, 2.05) is 12.1 Å². The van der Waals surface area contributed by atoms with Crippen LogP contribution >= 0.6 is 0 Å². The van der Waals surface area contributed by atoms with E-state index in [0.29, 0.717) is 0 Å². The summed E-state index contributed by atoms with van der Waals surface area (Å²) < 4.78 is 5.14. The Morgan fingerprint density at radius 1 is 1.20 bits per heavy atom. The van der Waals surface area contributed by atoms with Crippen LogP contribution in [0.1, 0.15) is 18.4 Å². The van der Waals surface area contributed by atoms with Crippen LogP contribution in [0.5, 0.6) is 5.75 Å². The number of benzene rings is 1. The van der Waals surface area contributed by atoms with Crippen molar-refractivity contribution in [2.75, 3.05) is 20.2 Å². The molecule has 15 heavy (non-hydrogen) atoms. The zero-order chi connectivity index (χ0) is 10.5. The van der Waals surface area contributed by atoms with Crippen molar-refractivity contribution in [3.8, 4) is 5.75 Å². The van der Waals surface area contributed by atoms with E-state index >= 15 is 0 Å². The second kappa shape index (κ2) is 5.17. The molecule has 1 aliphatic heterocycles. The molecule has 0 amide bonds. The first-order valence-corrected chi connectivity index (χ1v) is 5.64. The van der Waals surface area contributed by atoms with Crippen LogP contribution in [0.4, 0.5) is 0 Å². The van der Waals surface area contributed by atoms with Gasteiger partial charge >= 0.3 is 0 Å². The van der Waals surface area contributed by atoms with Crippen LogP contribution in [0.2, 0.25) is 0 Å². The lowest BCUT2D eigenvalue weighted by molar-refractivity contribution is 0.367. The minimum absolute atomic E-state index is 0.830. The number of hydrogen-bond acceptors (Lipinski definition) is 1. The quantitative estimate of drug-likeness (QED) is 0.740. The van der Waals surface area contributed by atoms with Crippen molar-refractivity contribution < 1.29 is 4.74 Å². The molecule has 0 N–H and O–H groups in total. The fraction of sp³-hybridized carbons (Fsp3) is 0.538. The summed E-state index contributed by atoms with van der Waals surface area (Å²) >= 11 is 0. The van der Waals surface area contributed by atoms with Gasteiger partial charge in [0.15, 0.2) is 0 Å². The Hall–Kier alpha value is -1.02. The molecule has 1 fully saturated rings. The van der Waals surface area contributed by atoms with Gasteiger partial charge in [-0.25, -0.2) is 5.32 Å². The molecule has 81 valence electrons. The van der Waals surface area contributed by atoms with Gasteiger partial charge in [0.2, 0.25) is 0 Å². The van der Waals surface area contributed by atoms with Crippen LogP contribution in [0.3, 0.4) is 0 Å². The number of piperidine rings is 1. The van der Waals surface area contributed by atoms with Crippen molar-refractivity contribution in [2.24, 2.45) is 5.92 Å². The average Bonchev–Trinajstić information content (AvgIpc) is 2.31. The lowest BCUT2D eigenvalue weighted by atomic mass is 9.91. The molecule has 2 rings (SSSR count). The zero-order valence-electron chi connectivity index (χ0n) is 9.28. The Morgan fingerprint density at radius 2 is 1.87 bits per heavy atom. The summed E-state index contributed by atoms with van der Waals surface area (Å²) in [6.45, 7) is 2.11. The SMILES string of the molecule is COc1ccc(CC2CC[N]CC2)cc1. The van der Waals surface area contributed by atoms with Crippen LogP contribution in [0.25, 0.3) is 0 Å². The van der Waals surface area contributed by atoms with Crippen LogP contribution in [-0.2, 0) is 6.42 Å². The Morgan fingerprint density at radius 3 is 2.47 bits per heavy atom. The maximum atomic E-state index is 5.14. The summed E-state index contributed by atoms with van der Waals surface area (Å²) in [5.74, 6) is 1.77. The Kier molecular flexibility index (Phi) is 3.62. The molecular formula is C13H18NO. The van der Waals surface area contributed by atoms with E-state index in [-0.39, 0.29) is 0 Å². The second-order valence-corrected chi connectivity index (χ2v) is 4.17. The van der Waals surface area contributed by atoms with Crippen LogP contribution in [-0.4, -0.2) is 20.2 Å². The number of rotatable bonds is 3. The highest BCUT2D eigenvalue weighted by atomic mass is 16.5. The molecule has 1 heterocycles. The molecule has 0 aromatic heterocycles. The first-order valence-electron chi connectivity index (χ1n) is 5.64. The van der Waals surface area contributed by atoms with Crippen molar-refractivity contribution in [1.82, 2.24) is 5.32 Å². The molecule has 1 aromatic rings. The smallest absolute Gasteiger partial charge is 0.118 e. The maximum absolute atomic E-state index is 5.14. The molecule has 1 saturated heterocycles. The van der Waals surface area contributed by atoms with E-state index < -0.39 is 0 Å². The third kappa shape index (κ3) is 2.96. The Labute approximate surface area is 91.6 Å². The number of ether oxygens (including phenoxy) is 1. The van der Waals surface area contributed by atoms with Gasteiger partial charge in [-0.15, -0.1) is 0 Å². The van der Waals surface area contributed by atoms with Crippen molar-refractivity contribution in [3.05, 3.63) is 29.8 Å². The lowest BCUT2D eigenvalue weighted by Crippen LogP contribution is -2.23. The standard InChI is InChI=1S/C13H18NO/c1-15-13-4-2-11(3-5-13)10-12-6-8-14-9-7-12/h2-5,12H,6-10H2,1H3. The minimum atomic E-state index is 0.830. The molecule has 1 aliphatic rings. The number of methoxy groups -OCH3 is 1. The maximum Gasteiger partial charge on any atom is 0.118 e. The highest BCUT2D eigenvalue weighted by Crippen LogP contribution is 2.20. The molecular weight excluding hydrogens is 186 g/mol. The van der Waals surface area contributed by atoms with Gasteiger partial charge in [0.1, 0.15) is 5.75 Å². The molecule has 0 saturated carbocycles. The van der Waals surface area contributed by atoms with Crippen molar-refractivity contribution in [3.63, 3.8) is 0 Å². The van der Waals surface area contributed by atoms with Gasteiger partial charge in [-0.05, 0) is 42.9 Å². The zero-order valence-corrected chi connectivity index (χ0v) is 9.28. The first-order chi connectivity index (χ1) is 7.38. The Balaban J connectivity index is 1.91. The monoisotopic (exact) mass is 204 g/mol. The fourth-order valence-corrected chi connectivity index (χ4v) is 2.10. The fourth-order valence-electron chi connectivity index (χ4n) is 2.10. The Bertz CT molecular complexity index is 288. The van der Waals surface area contributed by atoms with E-state index in [1.54, 1.807) is 7.11 Å². The molecule has 0 atom stereocenters. The van der Waals surface area contributed by atoms with Crippen molar-refractivity contribution >= 4 is 0 Å². The van der Waals surface area contributed by atoms with Crippen molar-refractivity contribution in [1.29, 1.82) is 0 Å². The molecule has 2 heteroatoms. The summed E-state index contributed by atoms with van der Waals surface area (Å²) in [6, 6.07) is 8.43. The number of hydrogen-bond donors (Lipinski definition) is 0. The molecule has 0 bridgehead atoms. The van der Waals surface area contributed by atoms with Crippen LogP contribution in [0, 0.1) is 5.92 Å². The van der Waals surface area contributed by atoms with Gasteiger partial charge in [0.25, 0.3) is 0 Å². The van der Waals surface area contributed by atoms with Crippen molar-refractivity contribution in [2.45, 2.75) is 19.3 Å². The summed E-state index contributed by atoms with van der Waals surface area (Å²) in [5, 5.41) is 4.38. The molecule has 1 radical (unpaired) electrons. The third-order valence-electron chi connectivity index (χ3n) is 3.07. The predicted molar refractivity (Wildman–Crippen MR) is 61.3 cm³/mol. The van der Waals surface area contributed by atoms with Gasteiger partial charge in [-0.3, -0.25) is 0 Å². The molecule has 0 spiro atoms. The first kappa shape index (κ1) is 10.5. The third-order valence-corrected chi connectivity index (χ3v) is 3.07. The second-order valence-electron chi connectivity index (χ2n) is 4.17. The van der Waals surface area contributed by atoms with E-state index in [9.17, 15) is 0 Å². The highest BCUT2D eigenvalue weighted by Gasteiger charge is 2.13. The van der Waals surface area contributed by atoms with E-state index in [2.05, 4.69) is 17.4 Å². The normalized spacial score (nSPS) is 17.7. The summed E-state index contributed by atoms with van der Waals surface area (Å²) in [4.78, 5) is 0. The topological polar surface area (TPSA) is 23.3 Å². The van der Waals surface area contributed by atoms with Gasteiger partial charge in [-0.2, -0.15) is 0 Å². The summed E-state index contributed by atoms with van der Waals surface area (Å²) in [5.41, 5.74) is 1.42. The van der Waals surface area contributed by atoms with E-state index in [0.717, 1.165) is 24.8 Å². The average molecular weight is 204 g/mol. The largest absolute Gasteiger partial charge is 0.497 e. The highest BCUT2D eigenvalue weighted by molar-refractivity contribution is 5.27. The molecule has 1 aromatic carbocycles. The van der Waals surface area contributed by atoms with Gasteiger partial charge in [-0.1, -0.05) is 12.1 Å². The molecule has 2 nitrogen and oxygen atoms in total. The van der Waals surface area contributed by atoms with E-state index in [4.69, 9.17) is 4.74 Å². The number of nitrogens with zero attached hydrogens (tertiary/aromatic N) is 1. The lowest BCUT2D eigenvalue weighted by Gasteiger charge is -2.21. The minimum Gasteiger partial charge on any atom is -0.497 e. The van der Waals surface area contributed by atoms with Gasteiger partial charge < -0.3 is 4.74 Å². The predicted octanol–water partition coefficient (Wildman–Crippen LogP) is 2.25. The summed E-state index contributed by atoms with van der Waals surface area (Å²) in [6.07, 6.45) is 3.71. The van der Waals surface area contributed by atoms with E-state index in [1.165, 1.54) is 24.8 Å².